The van der Waals surface area contributed by atoms with Crippen LogP contribution in [0.5, 0.6) is 0 Å². The molecule has 0 radical (unpaired) electrons. The van der Waals surface area contributed by atoms with Crippen molar-refractivity contribution in [2.24, 2.45) is 17.8 Å². The van der Waals surface area contributed by atoms with Crippen LogP contribution in [-0.2, 0) is 0 Å². The first kappa shape index (κ1) is 14.0. The Labute approximate surface area is 90.7 Å². The molecule has 14 heavy (non-hydrogen) atoms. The number of hydrogen-bond donors (Lipinski definition) is 1. The smallest absolute Gasteiger partial charge is 0.00229 e. The summed E-state index contributed by atoms with van der Waals surface area (Å²) in [4.78, 5) is 0. The van der Waals surface area contributed by atoms with E-state index < -0.39 is 0 Å². The zero-order valence-electron chi connectivity index (χ0n) is 10.8. The number of rotatable bonds is 8. The Morgan fingerprint density at radius 2 is 1.57 bits per heavy atom. The summed E-state index contributed by atoms with van der Waals surface area (Å²) < 4.78 is 0. The molecule has 0 amide bonds. The molecular weight excluding hydrogens is 170 g/mol. The van der Waals surface area contributed by atoms with Gasteiger partial charge in [-0.05, 0) is 37.3 Å². The number of hydrogen-bond acceptors (Lipinski definition) is 1. The van der Waals surface area contributed by atoms with E-state index in [9.17, 15) is 0 Å². The van der Waals surface area contributed by atoms with E-state index in [1.807, 2.05) is 0 Å². The summed E-state index contributed by atoms with van der Waals surface area (Å²) in [6.07, 6.45) is 4.08. The highest BCUT2D eigenvalue weighted by Gasteiger charge is 2.07. The summed E-state index contributed by atoms with van der Waals surface area (Å²) in [5.41, 5.74) is 0. The van der Waals surface area contributed by atoms with Gasteiger partial charge in [0.25, 0.3) is 0 Å². The standard InChI is InChI=1S/C13H29N/c1-6-7-12(4)8-13(5)10-14-9-11(2)3/h11-14H,6-10H2,1-5H3. The second kappa shape index (κ2) is 8.28. The van der Waals surface area contributed by atoms with Crippen molar-refractivity contribution in [1.29, 1.82) is 0 Å². The first-order valence-electron chi connectivity index (χ1n) is 6.26. The molecule has 86 valence electrons. The SMILES string of the molecule is CCCC(C)CC(C)CNCC(C)C. The van der Waals surface area contributed by atoms with Crippen LogP contribution in [0.2, 0.25) is 0 Å². The maximum Gasteiger partial charge on any atom is -0.00229 e. The highest BCUT2D eigenvalue weighted by molar-refractivity contribution is 4.62. The summed E-state index contributed by atoms with van der Waals surface area (Å²) in [5.74, 6) is 2.50. The molecule has 2 unspecified atom stereocenters. The van der Waals surface area contributed by atoms with Gasteiger partial charge in [0.05, 0.1) is 0 Å². The van der Waals surface area contributed by atoms with Crippen LogP contribution in [0, 0.1) is 17.8 Å². The first-order chi connectivity index (χ1) is 6.56. The molecule has 0 aliphatic carbocycles. The van der Waals surface area contributed by atoms with Gasteiger partial charge in [-0.25, -0.2) is 0 Å². The molecule has 0 spiro atoms. The Balaban J connectivity index is 3.39. The van der Waals surface area contributed by atoms with Crippen LogP contribution in [0.25, 0.3) is 0 Å². The van der Waals surface area contributed by atoms with Gasteiger partial charge in [-0.1, -0.05) is 47.5 Å². The molecule has 1 N–H and O–H groups in total. The molecule has 0 aromatic heterocycles. The minimum Gasteiger partial charge on any atom is -0.316 e. The third-order valence-electron chi connectivity index (χ3n) is 2.63. The van der Waals surface area contributed by atoms with Gasteiger partial charge < -0.3 is 5.32 Å². The predicted octanol–water partition coefficient (Wildman–Crippen LogP) is 3.69. The van der Waals surface area contributed by atoms with Crippen LogP contribution in [0.1, 0.15) is 53.9 Å². The van der Waals surface area contributed by atoms with Crippen LogP contribution < -0.4 is 5.32 Å². The van der Waals surface area contributed by atoms with E-state index in [0.29, 0.717) is 0 Å². The maximum absolute atomic E-state index is 3.53. The third kappa shape index (κ3) is 8.55. The lowest BCUT2D eigenvalue weighted by Crippen LogP contribution is -2.26. The fourth-order valence-corrected chi connectivity index (χ4v) is 2.00. The molecule has 0 saturated carbocycles. The predicted molar refractivity (Wildman–Crippen MR) is 65.6 cm³/mol. The van der Waals surface area contributed by atoms with Gasteiger partial charge in [0.1, 0.15) is 0 Å². The van der Waals surface area contributed by atoms with Crippen molar-refractivity contribution in [3.63, 3.8) is 0 Å². The van der Waals surface area contributed by atoms with Gasteiger partial charge in [-0.3, -0.25) is 0 Å². The quantitative estimate of drug-likeness (QED) is 0.628. The van der Waals surface area contributed by atoms with Crippen LogP contribution in [0.15, 0.2) is 0 Å². The summed E-state index contributed by atoms with van der Waals surface area (Å²) in [7, 11) is 0. The first-order valence-corrected chi connectivity index (χ1v) is 6.26. The maximum atomic E-state index is 3.53. The fraction of sp³-hybridized carbons (Fsp3) is 1.00. The average Bonchev–Trinajstić information content (AvgIpc) is 2.03. The zero-order valence-corrected chi connectivity index (χ0v) is 10.8. The molecular formula is C13H29N. The van der Waals surface area contributed by atoms with Gasteiger partial charge in [0, 0.05) is 0 Å². The fourth-order valence-electron chi connectivity index (χ4n) is 2.00. The van der Waals surface area contributed by atoms with Gasteiger partial charge in [-0.15, -0.1) is 0 Å². The van der Waals surface area contributed by atoms with E-state index in [-0.39, 0.29) is 0 Å². The molecule has 0 bridgehead atoms. The summed E-state index contributed by atoms with van der Waals surface area (Å²) in [6.45, 7) is 13.9. The minimum absolute atomic E-state index is 0.773. The van der Waals surface area contributed by atoms with Crippen molar-refractivity contribution >= 4 is 0 Å². The van der Waals surface area contributed by atoms with E-state index >= 15 is 0 Å². The van der Waals surface area contributed by atoms with Gasteiger partial charge in [0.2, 0.25) is 0 Å². The lowest BCUT2D eigenvalue weighted by molar-refractivity contribution is 0.370. The van der Waals surface area contributed by atoms with Crippen LogP contribution in [0.3, 0.4) is 0 Å². The Bertz CT molecular complexity index is 120. The molecule has 1 nitrogen and oxygen atoms in total. The van der Waals surface area contributed by atoms with Crippen LogP contribution >= 0.6 is 0 Å². The van der Waals surface area contributed by atoms with Crippen molar-refractivity contribution < 1.29 is 0 Å². The summed E-state index contributed by atoms with van der Waals surface area (Å²) >= 11 is 0. The lowest BCUT2D eigenvalue weighted by atomic mass is 9.94. The van der Waals surface area contributed by atoms with Gasteiger partial charge in [0.15, 0.2) is 0 Å². The Hall–Kier alpha value is -0.0400. The Morgan fingerprint density at radius 1 is 0.929 bits per heavy atom. The third-order valence-corrected chi connectivity index (χ3v) is 2.63. The van der Waals surface area contributed by atoms with Crippen molar-refractivity contribution in [3.05, 3.63) is 0 Å². The van der Waals surface area contributed by atoms with Gasteiger partial charge >= 0.3 is 0 Å². The summed E-state index contributed by atoms with van der Waals surface area (Å²) in [5, 5.41) is 3.53. The van der Waals surface area contributed by atoms with Crippen LogP contribution in [0.4, 0.5) is 0 Å². The molecule has 0 rings (SSSR count). The second-order valence-electron chi connectivity index (χ2n) is 5.29. The van der Waals surface area contributed by atoms with Gasteiger partial charge in [-0.2, -0.15) is 0 Å². The van der Waals surface area contributed by atoms with E-state index in [2.05, 4.69) is 39.9 Å². The van der Waals surface area contributed by atoms with E-state index in [1.165, 1.54) is 25.8 Å². The van der Waals surface area contributed by atoms with Crippen molar-refractivity contribution in [2.45, 2.75) is 53.9 Å². The van der Waals surface area contributed by atoms with Crippen molar-refractivity contribution in [2.75, 3.05) is 13.1 Å². The monoisotopic (exact) mass is 199 g/mol. The normalized spacial score (nSPS) is 15.9. The average molecular weight is 199 g/mol. The highest BCUT2D eigenvalue weighted by atomic mass is 14.9. The molecule has 0 aliphatic rings. The largest absolute Gasteiger partial charge is 0.316 e. The number of nitrogens with one attached hydrogen (secondary N) is 1. The lowest BCUT2D eigenvalue weighted by Gasteiger charge is -2.17. The van der Waals surface area contributed by atoms with Crippen molar-refractivity contribution in [1.82, 2.24) is 5.32 Å². The Kier molecular flexibility index (Phi) is 8.26. The molecule has 0 fully saturated rings. The van der Waals surface area contributed by atoms with Crippen LogP contribution in [-0.4, -0.2) is 13.1 Å². The van der Waals surface area contributed by atoms with Crippen molar-refractivity contribution in [3.8, 4) is 0 Å². The molecule has 0 aliphatic heterocycles. The van der Waals surface area contributed by atoms with E-state index in [0.717, 1.165) is 24.3 Å². The molecule has 1 heteroatoms. The second-order valence-corrected chi connectivity index (χ2v) is 5.29. The minimum atomic E-state index is 0.773. The molecule has 2 atom stereocenters. The van der Waals surface area contributed by atoms with E-state index in [4.69, 9.17) is 0 Å². The molecule has 0 heterocycles. The highest BCUT2D eigenvalue weighted by Crippen LogP contribution is 2.15. The van der Waals surface area contributed by atoms with E-state index in [1.54, 1.807) is 0 Å². The topological polar surface area (TPSA) is 12.0 Å². The molecule has 0 aromatic rings. The molecule has 0 aromatic carbocycles. The molecule has 0 saturated heterocycles. The Morgan fingerprint density at radius 3 is 2.07 bits per heavy atom. The zero-order chi connectivity index (χ0) is 11.0. The summed E-state index contributed by atoms with van der Waals surface area (Å²) in [6, 6.07) is 0.